The van der Waals surface area contributed by atoms with E-state index in [4.69, 9.17) is 0 Å². The molecule has 0 atom stereocenters. The van der Waals surface area contributed by atoms with Crippen molar-refractivity contribution < 1.29 is 9.59 Å². The second kappa shape index (κ2) is 7.17. The minimum absolute atomic E-state index is 0.228. The van der Waals surface area contributed by atoms with Crippen LogP contribution in [-0.4, -0.2) is 31.8 Å². The molecule has 0 aliphatic heterocycles. The Bertz CT molecular complexity index is 1230. The quantitative estimate of drug-likeness (QED) is 0.368. The zero-order chi connectivity index (χ0) is 20.5. The first-order chi connectivity index (χ1) is 14.7. The van der Waals surface area contributed by atoms with E-state index in [0.29, 0.717) is 11.9 Å². The molecule has 0 saturated heterocycles. The number of carbonyl (C=O) groups is 2. The summed E-state index contributed by atoms with van der Waals surface area (Å²) in [6.45, 7) is 0. The van der Waals surface area contributed by atoms with E-state index in [-0.39, 0.29) is 11.1 Å². The Labute approximate surface area is 170 Å². The van der Waals surface area contributed by atoms with E-state index in [2.05, 4.69) is 30.6 Å². The van der Waals surface area contributed by atoms with Crippen LogP contribution in [0.5, 0.6) is 0 Å². The van der Waals surface area contributed by atoms with Gasteiger partial charge in [-0.15, -0.1) is 0 Å². The molecule has 4 N–H and O–H groups in total. The zero-order valence-corrected chi connectivity index (χ0v) is 15.6. The van der Waals surface area contributed by atoms with E-state index in [9.17, 15) is 9.59 Å². The molecule has 0 bridgehead atoms. The number of hydrogen-bond acceptors (Lipinski definition) is 4. The third-order valence-corrected chi connectivity index (χ3v) is 4.66. The van der Waals surface area contributed by atoms with Gasteiger partial charge in [-0.1, -0.05) is 36.4 Å². The first kappa shape index (κ1) is 17.6. The van der Waals surface area contributed by atoms with E-state index < -0.39 is 11.8 Å². The number of fused-ring (bicyclic) bond motifs is 2. The van der Waals surface area contributed by atoms with Crippen molar-refractivity contribution in [3.63, 3.8) is 0 Å². The number of hydrogen-bond donors (Lipinski definition) is 4. The molecule has 8 nitrogen and oxygen atoms in total. The van der Waals surface area contributed by atoms with Crippen molar-refractivity contribution in [1.82, 2.24) is 19.9 Å². The molecule has 8 heteroatoms. The first-order valence-electron chi connectivity index (χ1n) is 9.28. The Morgan fingerprint density at radius 2 is 1.00 bits per heavy atom. The Balaban J connectivity index is 1.39. The van der Waals surface area contributed by atoms with E-state index in [1.165, 1.54) is 0 Å². The number of rotatable bonds is 4. The normalized spacial score (nSPS) is 10.9. The maximum Gasteiger partial charge on any atom is 0.258 e. The molecular weight excluding hydrogens is 380 g/mol. The molecule has 0 aliphatic carbocycles. The van der Waals surface area contributed by atoms with Gasteiger partial charge in [0.05, 0.1) is 33.2 Å². The number of carbonyl (C=O) groups excluding carboxylic acids is 2. The lowest BCUT2D eigenvalue weighted by molar-refractivity contribution is 0.0989. The summed E-state index contributed by atoms with van der Waals surface area (Å²) < 4.78 is 0. The molecule has 0 radical (unpaired) electrons. The fourth-order valence-electron chi connectivity index (χ4n) is 3.25. The summed E-state index contributed by atoms with van der Waals surface area (Å²) in [6.07, 6.45) is 0. The van der Waals surface area contributed by atoms with Crippen molar-refractivity contribution in [2.24, 2.45) is 0 Å². The van der Waals surface area contributed by atoms with E-state index in [0.717, 1.165) is 22.1 Å². The lowest BCUT2D eigenvalue weighted by Crippen LogP contribution is -2.21. The summed E-state index contributed by atoms with van der Waals surface area (Å²) in [5, 5.41) is 5.44. The highest BCUT2D eigenvalue weighted by Gasteiger charge is 2.19. The molecule has 5 aromatic rings. The maximum atomic E-state index is 12.8. The van der Waals surface area contributed by atoms with Crippen molar-refractivity contribution in [3.05, 3.63) is 83.9 Å². The molecule has 2 heterocycles. The van der Waals surface area contributed by atoms with E-state index in [1.54, 1.807) is 24.3 Å². The predicted octanol–water partition coefficient (Wildman–Crippen LogP) is 3.94. The van der Waals surface area contributed by atoms with E-state index >= 15 is 0 Å². The van der Waals surface area contributed by atoms with Crippen LogP contribution >= 0.6 is 0 Å². The molecule has 0 fully saturated rings. The van der Waals surface area contributed by atoms with Gasteiger partial charge < -0.3 is 9.97 Å². The Kier molecular flexibility index (Phi) is 4.21. The molecule has 0 saturated carbocycles. The summed E-state index contributed by atoms with van der Waals surface area (Å²) in [5.74, 6) is -0.254. The minimum Gasteiger partial charge on any atom is -0.324 e. The lowest BCUT2D eigenvalue weighted by Gasteiger charge is -2.08. The van der Waals surface area contributed by atoms with Crippen molar-refractivity contribution in [1.29, 1.82) is 0 Å². The lowest BCUT2D eigenvalue weighted by atomic mass is 10.1. The minimum atomic E-state index is -0.440. The Morgan fingerprint density at radius 1 is 0.600 bits per heavy atom. The van der Waals surface area contributed by atoms with Gasteiger partial charge in [-0.05, 0) is 36.4 Å². The second-order valence-corrected chi connectivity index (χ2v) is 6.66. The molecule has 3 aromatic carbocycles. The third kappa shape index (κ3) is 3.26. The fourth-order valence-corrected chi connectivity index (χ4v) is 3.25. The van der Waals surface area contributed by atoms with E-state index in [1.807, 2.05) is 48.5 Å². The molecule has 0 unspecified atom stereocenters. The highest BCUT2D eigenvalue weighted by molar-refractivity contribution is 6.15. The summed E-state index contributed by atoms with van der Waals surface area (Å²) in [6, 6.07) is 21.5. The van der Waals surface area contributed by atoms with Crippen LogP contribution in [0.15, 0.2) is 72.8 Å². The van der Waals surface area contributed by atoms with Crippen molar-refractivity contribution in [2.45, 2.75) is 0 Å². The van der Waals surface area contributed by atoms with Crippen molar-refractivity contribution in [2.75, 3.05) is 10.6 Å². The van der Waals surface area contributed by atoms with Crippen LogP contribution in [0.1, 0.15) is 20.7 Å². The molecular formula is C22H16N6O2. The van der Waals surface area contributed by atoms with Gasteiger partial charge in [0.25, 0.3) is 11.8 Å². The summed E-state index contributed by atoms with van der Waals surface area (Å²) >= 11 is 0. The van der Waals surface area contributed by atoms with Gasteiger partial charge in [0, 0.05) is 0 Å². The molecule has 2 aromatic heterocycles. The number of aromatic amines is 2. The van der Waals surface area contributed by atoms with Crippen LogP contribution in [0.25, 0.3) is 22.1 Å². The van der Waals surface area contributed by atoms with Crippen molar-refractivity contribution in [3.8, 4) is 0 Å². The summed E-state index contributed by atoms with van der Waals surface area (Å²) in [5.41, 5.74) is 3.55. The summed E-state index contributed by atoms with van der Waals surface area (Å²) in [4.78, 5) is 40.4. The number of nitrogens with zero attached hydrogens (tertiary/aromatic N) is 2. The highest BCUT2D eigenvalue weighted by atomic mass is 16.2. The first-order valence-corrected chi connectivity index (χ1v) is 9.28. The fraction of sp³-hybridized carbons (Fsp3) is 0. The molecule has 30 heavy (non-hydrogen) atoms. The molecule has 146 valence electrons. The number of H-pyrrole nitrogens is 2. The molecule has 5 rings (SSSR count). The van der Waals surface area contributed by atoms with Gasteiger partial charge in [-0.25, -0.2) is 9.97 Å². The smallest absolute Gasteiger partial charge is 0.258 e. The maximum absolute atomic E-state index is 12.8. The second-order valence-electron chi connectivity index (χ2n) is 6.66. The number of imidazole rings is 2. The average Bonchev–Trinajstić information content (AvgIpc) is 3.36. The number of amides is 2. The third-order valence-electron chi connectivity index (χ3n) is 4.66. The van der Waals surface area contributed by atoms with Crippen molar-refractivity contribution >= 4 is 45.8 Å². The Hall–Kier alpha value is -4.46. The average molecular weight is 396 g/mol. The SMILES string of the molecule is O=C(Nc1nc2ccccc2[nH]1)c1ccccc1C(=O)Nc1nc2ccccc2[nH]1. The molecule has 0 aliphatic rings. The monoisotopic (exact) mass is 396 g/mol. The number of para-hydroxylation sites is 4. The van der Waals surface area contributed by atoms with Gasteiger partial charge >= 0.3 is 0 Å². The highest BCUT2D eigenvalue weighted by Crippen LogP contribution is 2.18. The largest absolute Gasteiger partial charge is 0.324 e. The van der Waals surface area contributed by atoms with Crippen LogP contribution in [0.3, 0.4) is 0 Å². The number of aromatic nitrogens is 4. The number of anilines is 2. The molecule has 2 amide bonds. The number of nitrogens with one attached hydrogen (secondary N) is 4. The van der Waals surface area contributed by atoms with Crippen LogP contribution in [-0.2, 0) is 0 Å². The van der Waals surface area contributed by atoms with Gasteiger partial charge in [-0.2, -0.15) is 0 Å². The van der Waals surface area contributed by atoms with Crippen LogP contribution < -0.4 is 10.6 Å². The van der Waals surface area contributed by atoms with Gasteiger partial charge in [-0.3, -0.25) is 20.2 Å². The van der Waals surface area contributed by atoms with Crippen LogP contribution in [0.4, 0.5) is 11.9 Å². The summed E-state index contributed by atoms with van der Waals surface area (Å²) in [7, 11) is 0. The van der Waals surface area contributed by atoms with Crippen LogP contribution in [0.2, 0.25) is 0 Å². The standard InChI is InChI=1S/C22H16N6O2/c29-19(27-21-23-15-9-3-4-10-16(15)24-21)13-7-1-2-8-14(13)20(30)28-22-25-17-11-5-6-12-18(17)26-22/h1-12H,(H2,23,24,27,29)(H2,25,26,28,30). The van der Waals surface area contributed by atoms with Gasteiger partial charge in [0.2, 0.25) is 11.9 Å². The van der Waals surface area contributed by atoms with Gasteiger partial charge in [0.1, 0.15) is 0 Å². The van der Waals surface area contributed by atoms with Gasteiger partial charge in [0.15, 0.2) is 0 Å². The zero-order valence-electron chi connectivity index (χ0n) is 15.6. The predicted molar refractivity (Wildman–Crippen MR) is 115 cm³/mol. The van der Waals surface area contributed by atoms with Crippen LogP contribution in [0, 0.1) is 0 Å². The molecule has 0 spiro atoms. The number of benzene rings is 3. The Morgan fingerprint density at radius 3 is 1.43 bits per heavy atom. The topological polar surface area (TPSA) is 116 Å².